The van der Waals surface area contributed by atoms with Crippen molar-refractivity contribution < 1.29 is 13.2 Å². The maximum atomic E-state index is 12.6. The summed E-state index contributed by atoms with van der Waals surface area (Å²) >= 11 is 0. The molecule has 0 saturated carbocycles. The van der Waals surface area contributed by atoms with Gasteiger partial charge in [-0.2, -0.15) is 4.31 Å². The molecule has 1 fully saturated rings. The molecule has 1 aromatic carbocycles. The molecular formula is C14H22N2O3S. The van der Waals surface area contributed by atoms with E-state index in [2.05, 4.69) is 0 Å². The van der Waals surface area contributed by atoms with E-state index in [-0.39, 0.29) is 6.04 Å². The van der Waals surface area contributed by atoms with Gasteiger partial charge >= 0.3 is 0 Å². The van der Waals surface area contributed by atoms with Crippen LogP contribution in [-0.2, 0) is 10.0 Å². The Hall–Kier alpha value is -1.11. The first-order valence-electron chi connectivity index (χ1n) is 6.77. The largest absolute Gasteiger partial charge is 0.496 e. The second-order valence-corrected chi connectivity index (χ2v) is 7.27. The summed E-state index contributed by atoms with van der Waals surface area (Å²) in [4.78, 5) is 0.337. The number of benzene rings is 1. The molecule has 0 bridgehead atoms. The van der Waals surface area contributed by atoms with E-state index >= 15 is 0 Å². The second-order valence-electron chi connectivity index (χ2n) is 5.33. The first-order chi connectivity index (χ1) is 9.36. The summed E-state index contributed by atoms with van der Waals surface area (Å²) in [6, 6.07) is 3.46. The Labute approximate surface area is 120 Å². The Morgan fingerprint density at radius 3 is 2.15 bits per heavy atom. The summed E-state index contributed by atoms with van der Waals surface area (Å²) in [5, 5.41) is 0. The third-order valence-electron chi connectivity index (χ3n) is 3.77. The van der Waals surface area contributed by atoms with Gasteiger partial charge in [-0.3, -0.25) is 0 Å². The Balaban J connectivity index is 2.35. The normalized spacial score (nSPS) is 18.2. The monoisotopic (exact) mass is 298 g/mol. The molecule has 20 heavy (non-hydrogen) atoms. The third kappa shape index (κ3) is 2.82. The fourth-order valence-corrected chi connectivity index (χ4v) is 4.29. The van der Waals surface area contributed by atoms with Crippen molar-refractivity contribution in [2.45, 2.75) is 37.6 Å². The predicted octanol–water partition coefficient (Wildman–Crippen LogP) is 1.42. The molecular weight excluding hydrogens is 276 g/mol. The molecule has 6 heteroatoms. The van der Waals surface area contributed by atoms with Crippen LogP contribution in [-0.4, -0.2) is 39.0 Å². The minimum Gasteiger partial charge on any atom is -0.496 e. The van der Waals surface area contributed by atoms with Crippen LogP contribution in [0.1, 0.15) is 24.0 Å². The van der Waals surface area contributed by atoms with E-state index in [1.807, 2.05) is 13.8 Å². The van der Waals surface area contributed by atoms with E-state index in [0.717, 1.165) is 16.9 Å². The van der Waals surface area contributed by atoms with Crippen molar-refractivity contribution in [1.82, 2.24) is 4.31 Å². The Morgan fingerprint density at radius 1 is 1.20 bits per heavy atom. The molecule has 0 unspecified atom stereocenters. The fourth-order valence-electron chi connectivity index (χ4n) is 2.65. The zero-order chi connectivity index (χ0) is 14.9. The lowest BCUT2D eigenvalue weighted by molar-refractivity contribution is 0.320. The van der Waals surface area contributed by atoms with E-state index in [0.29, 0.717) is 30.8 Å². The molecule has 1 saturated heterocycles. The maximum Gasteiger partial charge on any atom is 0.243 e. The molecule has 1 aliphatic heterocycles. The highest BCUT2D eigenvalue weighted by molar-refractivity contribution is 7.89. The molecule has 1 aliphatic rings. The number of rotatable bonds is 3. The van der Waals surface area contributed by atoms with Gasteiger partial charge in [-0.25, -0.2) is 8.42 Å². The highest BCUT2D eigenvalue weighted by Crippen LogP contribution is 2.28. The number of nitrogens with two attached hydrogens (primary N) is 1. The number of piperidine rings is 1. The SMILES string of the molecule is COc1c(C)cc(S(=O)(=O)N2CCC(N)CC2)cc1C. The van der Waals surface area contributed by atoms with E-state index in [9.17, 15) is 8.42 Å². The van der Waals surface area contributed by atoms with Gasteiger partial charge in [-0.1, -0.05) is 0 Å². The standard InChI is InChI=1S/C14H22N2O3S/c1-10-8-13(9-11(2)14(10)19-3)20(17,18)16-6-4-12(15)5-7-16/h8-9,12H,4-7,15H2,1-3H3. The van der Waals surface area contributed by atoms with Crippen LogP contribution in [0.3, 0.4) is 0 Å². The zero-order valence-electron chi connectivity index (χ0n) is 12.2. The summed E-state index contributed by atoms with van der Waals surface area (Å²) in [5.74, 6) is 0.740. The number of hydrogen-bond donors (Lipinski definition) is 1. The van der Waals surface area contributed by atoms with Crippen LogP contribution in [0.25, 0.3) is 0 Å². The minimum atomic E-state index is -3.43. The molecule has 1 aromatic rings. The van der Waals surface area contributed by atoms with Gasteiger partial charge in [0.05, 0.1) is 12.0 Å². The highest BCUT2D eigenvalue weighted by Gasteiger charge is 2.29. The van der Waals surface area contributed by atoms with Crippen LogP contribution >= 0.6 is 0 Å². The van der Waals surface area contributed by atoms with Crippen molar-refractivity contribution in [1.29, 1.82) is 0 Å². The van der Waals surface area contributed by atoms with Gasteiger partial charge < -0.3 is 10.5 Å². The molecule has 0 radical (unpaired) electrons. The summed E-state index contributed by atoms with van der Waals surface area (Å²) in [6.45, 7) is 4.70. The summed E-state index contributed by atoms with van der Waals surface area (Å²) in [6.07, 6.45) is 1.43. The lowest BCUT2D eigenvalue weighted by atomic mass is 10.1. The zero-order valence-corrected chi connectivity index (χ0v) is 13.0. The van der Waals surface area contributed by atoms with Gasteiger partial charge in [0.25, 0.3) is 0 Å². The summed E-state index contributed by atoms with van der Waals surface area (Å²) in [5.41, 5.74) is 7.49. The summed E-state index contributed by atoms with van der Waals surface area (Å²) < 4.78 is 32.1. The topological polar surface area (TPSA) is 72.6 Å². The molecule has 0 aliphatic carbocycles. The molecule has 0 aromatic heterocycles. The van der Waals surface area contributed by atoms with E-state index in [4.69, 9.17) is 10.5 Å². The number of ether oxygens (including phenoxy) is 1. The number of methoxy groups -OCH3 is 1. The molecule has 112 valence electrons. The van der Waals surface area contributed by atoms with Gasteiger partial charge in [0, 0.05) is 19.1 Å². The van der Waals surface area contributed by atoms with Crippen LogP contribution in [0, 0.1) is 13.8 Å². The highest BCUT2D eigenvalue weighted by atomic mass is 32.2. The number of sulfonamides is 1. The van der Waals surface area contributed by atoms with Crippen molar-refractivity contribution in [3.8, 4) is 5.75 Å². The van der Waals surface area contributed by atoms with Gasteiger partial charge in [-0.15, -0.1) is 0 Å². The van der Waals surface area contributed by atoms with Crippen molar-refractivity contribution in [2.75, 3.05) is 20.2 Å². The van der Waals surface area contributed by atoms with Crippen molar-refractivity contribution in [3.05, 3.63) is 23.3 Å². The first kappa shape index (κ1) is 15.3. The minimum absolute atomic E-state index is 0.112. The first-order valence-corrected chi connectivity index (χ1v) is 8.21. The third-order valence-corrected chi connectivity index (χ3v) is 5.65. The molecule has 1 heterocycles. The molecule has 2 N–H and O–H groups in total. The van der Waals surface area contributed by atoms with Crippen LogP contribution in [0.2, 0.25) is 0 Å². The second kappa shape index (κ2) is 5.71. The van der Waals surface area contributed by atoms with Crippen molar-refractivity contribution in [3.63, 3.8) is 0 Å². The average molecular weight is 298 g/mol. The molecule has 0 spiro atoms. The van der Waals surface area contributed by atoms with Crippen LogP contribution < -0.4 is 10.5 Å². The van der Waals surface area contributed by atoms with E-state index < -0.39 is 10.0 Å². The van der Waals surface area contributed by atoms with E-state index in [1.54, 1.807) is 19.2 Å². The fraction of sp³-hybridized carbons (Fsp3) is 0.571. The van der Waals surface area contributed by atoms with Crippen molar-refractivity contribution >= 4 is 10.0 Å². The quantitative estimate of drug-likeness (QED) is 0.916. The van der Waals surface area contributed by atoms with Gasteiger partial charge in [-0.05, 0) is 49.9 Å². The van der Waals surface area contributed by atoms with E-state index in [1.165, 1.54) is 4.31 Å². The van der Waals surface area contributed by atoms with Gasteiger partial charge in [0.1, 0.15) is 5.75 Å². The lowest BCUT2D eigenvalue weighted by Gasteiger charge is -2.29. The molecule has 0 amide bonds. The molecule has 2 rings (SSSR count). The lowest BCUT2D eigenvalue weighted by Crippen LogP contribution is -2.42. The average Bonchev–Trinajstić information content (AvgIpc) is 2.38. The smallest absolute Gasteiger partial charge is 0.243 e. The Kier molecular flexibility index (Phi) is 4.36. The van der Waals surface area contributed by atoms with Crippen LogP contribution in [0.15, 0.2) is 17.0 Å². The van der Waals surface area contributed by atoms with Crippen molar-refractivity contribution in [2.24, 2.45) is 5.73 Å². The maximum absolute atomic E-state index is 12.6. The number of nitrogens with zero attached hydrogens (tertiary/aromatic N) is 1. The molecule has 0 atom stereocenters. The molecule has 5 nitrogen and oxygen atoms in total. The Bertz CT molecular complexity index is 567. The Morgan fingerprint density at radius 2 is 1.70 bits per heavy atom. The van der Waals surface area contributed by atoms with Gasteiger partial charge in [0.15, 0.2) is 0 Å². The number of hydrogen-bond acceptors (Lipinski definition) is 4. The van der Waals surface area contributed by atoms with Gasteiger partial charge in [0.2, 0.25) is 10.0 Å². The van der Waals surface area contributed by atoms with Crippen LogP contribution in [0.5, 0.6) is 5.75 Å². The predicted molar refractivity (Wildman–Crippen MR) is 78.4 cm³/mol. The summed E-state index contributed by atoms with van der Waals surface area (Å²) in [7, 11) is -1.84. The van der Waals surface area contributed by atoms with Crippen LogP contribution in [0.4, 0.5) is 0 Å². The number of aryl methyl sites for hydroxylation is 2.